The number of benzene rings is 1. The van der Waals surface area contributed by atoms with Gasteiger partial charge in [0.1, 0.15) is 5.82 Å². The molecule has 1 saturated heterocycles. The van der Waals surface area contributed by atoms with Gasteiger partial charge < -0.3 is 4.90 Å². The normalized spacial score (nSPS) is 15.7. The van der Waals surface area contributed by atoms with Crippen LogP contribution < -0.4 is 4.90 Å². The Kier molecular flexibility index (Phi) is 3.97. The molecular weight excluding hydrogens is 296 g/mol. The third kappa shape index (κ3) is 2.66. The average Bonchev–Trinajstić information content (AvgIpc) is 2.79. The highest BCUT2D eigenvalue weighted by molar-refractivity contribution is 5.71. The maximum atomic E-state index is 4.94. The molecule has 0 saturated carbocycles. The maximum absolute atomic E-state index is 4.94. The summed E-state index contributed by atoms with van der Waals surface area (Å²) >= 11 is 0. The molecule has 1 aliphatic heterocycles. The van der Waals surface area contributed by atoms with Gasteiger partial charge in [0.15, 0.2) is 5.65 Å². The molecular formula is C20H24N4. The van der Waals surface area contributed by atoms with Gasteiger partial charge >= 0.3 is 0 Å². The van der Waals surface area contributed by atoms with Gasteiger partial charge in [0.2, 0.25) is 0 Å². The van der Waals surface area contributed by atoms with Gasteiger partial charge in [-0.1, -0.05) is 43.2 Å². The Morgan fingerprint density at radius 3 is 2.33 bits per heavy atom. The predicted molar refractivity (Wildman–Crippen MR) is 98.6 cm³/mol. The summed E-state index contributed by atoms with van der Waals surface area (Å²) in [6, 6.07) is 12.6. The molecule has 0 unspecified atom stereocenters. The molecule has 0 aliphatic carbocycles. The van der Waals surface area contributed by atoms with Crippen LogP contribution in [0.2, 0.25) is 0 Å². The van der Waals surface area contributed by atoms with Crippen molar-refractivity contribution < 1.29 is 0 Å². The van der Waals surface area contributed by atoms with E-state index in [1.165, 1.54) is 31.5 Å². The maximum Gasteiger partial charge on any atom is 0.161 e. The number of hydrogen-bond donors (Lipinski definition) is 0. The molecule has 124 valence electrons. The molecule has 1 fully saturated rings. The van der Waals surface area contributed by atoms with E-state index in [0.29, 0.717) is 0 Å². The molecule has 1 aliphatic rings. The highest BCUT2D eigenvalue weighted by Crippen LogP contribution is 2.28. The molecule has 4 heteroatoms. The molecule has 3 aromatic rings. The Hall–Kier alpha value is -2.36. The van der Waals surface area contributed by atoms with Gasteiger partial charge in [-0.15, -0.1) is 0 Å². The molecule has 4 nitrogen and oxygen atoms in total. The summed E-state index contributed by atoms with van der Waals surface area (Å²) in [6.45, 7) is 6.43. The lowest BCUT2D eigenvalue weighted by Crippen LogP contribution is -2.26. The van der Waals surface area contributed by atoms with E-state index in [9.17, 15) is 0 Å². The third-order valence-corrected chi connectivity index (χ3v) is 4.91. The van der Waals surface area contributed by atoms with Crippen LogP contribution >= 0.6 is 0 Å². The number of nitrogens with zero attached hydrogens (tertiary/aromatic N) is 4. The van der Waals surface area contributed by atoms with Crippen LogP contribution in [0, 0.1) is 13.8 Å². The number of aromatic nitrogens is 3. The molecule has 2 aromatic heterocycles. The SMILES string of the molecule is Cc1cc(N2CCCCCC2)n2nc(-c3ccccc3)c(C)c2n1. The lowest BCUT2D eigenvalue weighted by atomic mass is 10.1. The molecule has 0 radical (unpaired) electrons. The van der Waals surface area contributed by atoms with Crippen molar-refractivity contribution in [2.45, 2.75) is 39.5 Å². The molecule has 24 heavy (non-hydrogen) atoms. The number of aryl methyl sites for hydroxylation is 2. The fraction of sp³-hybridized carbons (Fsp3) is 0.400. The van der Waals surface area contributed by atoms with Crippen LogP contribution in [0.15, 0.2) is 36.4 Å². The Balaban J connectivity index is 1.88. The molecule has 1 aromatic carbocycles. The van der Waals surface area contributed by atoms with Crippen molar-refractivity contribution in [2.75, 3.05) is 18.0 Å². The summed E-state index contributed by atoms with van der Waals surface area (Å²) in [5.41, 5.74) is 5.38. The van der Waals surface area contributed by atoms with Crippen LogP contribution in [0.4, 0.5) is 5.82 Å². The van der Waals surface area contributed by atoms with Crippen LogP contribution in [-0.4, -0.2) is 27.7 Å². The van der Waals surface area contributed by atoms with Gasteiger partial charge in [0.05, 0.1) is 5.69 Å². The van der Waals surface area contributed by atoms with E-state index in [1.807, 2.05) is 6.07 Å². The van der Waals surface area contributed by atoms with Crippen LogP contribution in [0.1, 0.15) is 36.9 Å². The fourth-order valence-corrected chi connectivity index (χ4v) is 3.62. The highest BCUT2D eigenvalue weighted by atomic mass is 15.4. The largest absolute Gasteiger partial charge is 0.356 e. The summed E-state index contributed by atoms with van der Waals surface area (Å²) < 4.78 is 2.05. The van der Waals surface area contributed by atoms with Crippen molar-refractivity contribution in [3.8, 4) is 11.3 Å². The van der Waals surface area contributed by atoms with E-state index < -0.39 is 0 Å². The van der Waals surface area contributed by atoms with Crippen molar-refractivity contribution in [1.82, 2.24) is 14.6 Å². The predicted octanol–water partition coefficient (Wildman–Crippen LogP) is 4.39. The number of fused-ring (bicyclic) bond motifs is 1. The smallest absolute Gasteiger partial charge is 0.161 e. The van der Waals surface area contributed by atoms with Gasteiger partial charge in [0, 0.05) is 36.0 Å². The van der Waals surface area contributed by atoms with E-state index in [2.05, 4.69) is 53.6 Å². The zero-order chi connectivity index (χ0) is 16.5. The van der Waals surface area contributed by atoms with Crippen LogP contribution in [-0.2, 0) is 0 Å². The lowest BCUT2D eigenvalue weighted by Gasteiger charge is -2.23. The number of rotatable bonds is 2. The molecule has 0 atom stereocenters. The zero-order valence-corrected chi connectivity index (χ0v) is 14.5. The summed E-state index contributed by atoms with van der Waals surface area (Å²) in [5.74, 6) is 1.18. The van der Waals surface area contributed by atoms with Crippen LogP contribution in [0.5, 0.6) is 0 Å². The van der Waals surface area contributed by atoms with Gasteiger partial charge in [-0.25, -0.2) is 4.98 Å². The second-order valence-electron chi connectivity index (χ2n) is 6.73. The first-order valence-corrected chi connectivity index (χ1v) is 8.91. The van der Waals surface area contributed by atoms with E-state index in [0.717, 1.165) is 41.3 Å². The van der Waals surface area contributed by atoms with E-state index >= 15 is 0 Å². The monoisotopic (exact) mass is 320 g/mol. The first-order chi connectivity index (χ1) is 11.7. The standard InChI is InChI=1S/C20H24N4/c1-15-14-18(23-12-8-3-4-9-13-23)24-20(21-15)16(2)19(22-24)17-10-6-5-7-11-17/h5-7,10-11,14H,3-4,8-9,12-13H2,1-2H3. The van der Waals surface area contributed by atoms with Crippen molar-refractivity contribution >= 4 is 11.5 Å². The minimum Gasteiger partial charge on any atom is -0.356 e. The Labute approximate surface area is 143 Å². The molecule has 3 heterocycles. The van der Waals surface area contributed by atoms with E-state index in [1.54, 1.807) is 0 Å². The summed E-state index contributed by atoms with van der Waals surface area (Å²) in [6.07, 6.45) is 5.18. The Morgan fingerprint density at radius 1 is 0.917 bits per heavy atom. The Bertz CT molecular complexity index is 843. The average molecular weight is 320 g/mol. The molecule has 0 bridgehead atoms. The topological polar surface area (TPSA) is 33.4 Å². The van der Waals surface area contributed by atoms with Gasteiger partial charge in [0.25, 0.3) is 0 Å². The minimum absolute atomic E-state index is 0.980. The highest BCUT2D eigenvalue weighted by Gasteiger charge is 2.19. The fourth-order valence-electron chi connectivity index (χ4n) is 3.62. The zero-order valence-electron chi connectivity index (χ0n) is 14.5. The molecule has 0 amide bonds. The quantitative estimate of drug-likeness (QED) is 0.702. The van der Waals surface area contributed by atoms with Gasteiger partial charge in [-0.05, 0) is 26.7 Å². The van der Waals surface area contributed by atoms with E-state index in [4.69, 9.17) is 10.1 Å². The number of hydrogen-bond acceptors (Lipinski definition) is 3. The van der Waals surface area contributed by atoms with Crippen molar-refractivity contribution in [3.05, 3.63) is 47.7 Å². The van der Waals surface area contributed by atoms with Crippen LogP contribution in [0.25, 0.3) is 16.9 Å². The van der Waals surface area contributed by atoms with Crippen molar-refractivity contribution in [2.24, 2.45) is 0 Å². The third-order valence-electron chi connectivity index (χ3n) is 4.91. The number of anilines is 1. The minimum atomic E-state index is 0.980. The van der Waals surface area contributed by atoms with Gasteiger partial charge in [-0.3, -0.25) is 0 Å². The Morgan fingerprint density at radius 2 is 1.62 bits per heavy atom. The van der Waals surface area contributed by atoms with E-state index in [-0.39, 0.29) is 0 Å². The second kappa shape index (κ2) is 6.27. The second-order valence-corrected chi connectivity index (χ2v) is 6.73. The first-order valence-electron chi connectivity index (χ1n) is 8.91. The lowest BCUT2D eigenvalue weighted by molar-refractivity contribution is 0.726. The molecule has 0 spiro atoms. The summed E-state index contributed by atoms with van der Waals surface area (Å²) in [7, 11) is 0. The first kappa shape index (κ1) is 15.2. The summed E-state index contributed by atoms with van der Waals surface area (Å²) in [4.78, 5) is 7.26. The summed E-state index contributed by atoms with van der Waals surface area (Å²) in [5, 5.41) is 4.94. The van der Waals surface area contributed by atoms with Crippen molar-refractivity contribution in [1.29, 1.82) is 0 Å². The van der Waals surface area contributed by atoms with Gasteiger partial charge in [-0.2, -0.15) is 9.61 Å². The molecule has 4 rings (SSSR count). The van der Waals surface area contributed by atoms with Crippen molar-refractivity contribution in [3.63, 3.8) is 0 Å². The molecule has 0 N–H and O–H groups in total. The van der Waals surface area contributed by atoms with Crippen LogP contribution in [0.3, 0.4) is 0 Å².